The molecule has 0 aliphatic rings. The lowest BCUT2D eigenvalue weighted by Crippen LogP contribution is -2.15. The summed E-state index contributed by atoms with van der Waals surface area (Å²) in [6, 6.07) is 14.4. The molecule has 0 saturated heterocycles. The van der Waals surface area contributed by atoms with Gasteiger partial charge in [0.15, 0.2) is 0 Å². The van der Waals surface area contributed by atoms with Crippen molar-refractivity contribution in [2.45, 2.75) is 19.8 Å². The first-order chi connectivity index (χ1) is 12.5. The van der Waals surface area contributed by atoms with Gasteiger partial charge in [-0.25, -0.2) is 4.39 Å². The zero-order chi connectivity index (χ0) is 18.7. The smallest absolute Gasteiger partial charge is 0.225 e. The second-order valence-corrected chi connectivity index (χ2v) is 6.99. The van der Waals surface area contributed by atoms with E-state index in [0.29, 0.717) is 17.8 Å². The topological polar surface area (TPSA) is 46.9 Å². The van der Waals surface area contributed by atoms with Crippen LogP contribution in [0.25, 0.3) is 11.1 Å². The van der Waals surface area contributed by atoms with Crippen LogP contribution in [0.15, 0.2) is 53.0 Å². The van der Waals surface area contributed by atoms with Crippen molar-refractivity contribution in [1.29, 1.82) is 0 Å². The Morgan fingerprint density at radius 1 is 1.19 bits per heavy atom. The summed E-state index contributed by atoms with van der Waals surface area (Å²) in [5, 5.41) is 7.36. The van der Waals surface area contributed by atoms with Crippen LogP contribution >= 0.6 is 15.9 Å². The molecule has 4 nitrogen and oxygen atoms in total. The number of nitrogens with one attached hydrogen (secondary N) is 1. The van der Waals surface area contributed by atoms with Crippen molar-refractivity contribution in [1.82, 2.24) is 9.78 Å². The molecule has 0 aliphatic heterocycles. The molecule has 6 heteroatoms. The van der Waals surface area contributed by atoms with Crippen molar-refractivity contribution in [3.63, 3.8) is 0 Å². The van der Waals surface area contributed by atoms with Crippen molar-refractivity contribution in [2.75, 3.05) is 5.32 Å². The Bertz CT molecular complexity index is 935. The molecular weight excluding hydrogens is 397 g/mol. The molecule has 0 fully saturated rings. The lowest BCUT2D eigenvalue weighted by Gasteiger charge is -2.10. The third-order valence-corrected chi connectivity index (χ3v) is 4.72. The monoisotopic (exact) mass is 415 g/mol. The highest BCUT2D eigenvalue weighted by Crippen LogP contribution is 2.32. The van der Waals surface area contributed by atoms with Crippen LogP contribution < -0.4 is 5.32 Å². The van der Waals surface area contributed by atoms with E-state index in [0.717, 1.165) is 21.3 Å². The van der Waals surface area contributed by atoms with Gasteiger partial charge in [-0.3, -0.25) is 9.48 Å². The van der Waals surface area contributed by atoms with Crippen molar-refractivity contribution in [3.05, 3.63) is 70.1 Å². The van der Waals surface area contributed by atoms with Crippen LogP contribution in [0.1, 0.15) is 17.7 Å². The Labute approximate surface area is 160 Å². The Morgan fingerprint density at radius 2 is 1.88 bits per heavy atom. The van der Waals surface area contributed by atoms with Crippen LogP contribution in [0.5, 0.6) is 0 Å². The van der Waals surface area contributed by atoms with Gasteiger partial charge in [0.05, 0.1) is 5.69 Å². The Hall–Kier alpha value is -2.47. The SMILES string of the molecule is Cc1nn(C)c(NC(=O)CCc2ccccc2F)c1-c1ccc(Br)cc1. The first kappa shape index (κ1) is 18.3. The summed E-state index contributed by atoms with van der Waals surface area (Å²) in [5.74, 6) is 0.185. The normalized spacial score (nSPS) is 10.8. The predicted molar refractivity (Wildman–Crippen MR) is 104 cm³/mol. The molecular formula is C20H19BrFN3O. The fourth-order valence-electron chi connectivity index (χ4n) is 2.91. The first-order valence-corrected chi connectivity index (χ1v) is 9.08. The van der Waals surface area contributed by atoms with Crippen molar-refractivity contribution in [3.8, 4) is 11.1 Å². The van der Waals surface area contributed by atoms with Crippen LogP contribution in [0.4, 0.5) is 10.2 Å². The molecule has 0 bridgehead atoms. The summed E-state index contributed by atoms with van der Waals surface area (Å²) in [7, 11) is 1.79. The number of aromatic nitrogens is 2. The fourth-order valence-corrected chi connectivity index (χ4v) is 3.17. The van der Waals surface area contributed by atoms with Gasteiger partial charge in [-0.15, -0.1) is 0 Å². The summed E-state index contributed by atoms with van der Waals surface area (Å²) >= 11 is 3.43. The van der Waals surface area contributed by atoms with E-state index in [1.165, 1.54) is 6.07 Å². The Balaban J connectivity index is 1.78. The molecule has 0 atom stereocenters. The number of carbonyl (C=O) groups excluding carboxylic acids is 1. The number of nitrogens with zero attached hydrogens (tertiary/aromatic N) is 2. The van der Waals surface area contributed by atoms with Gasteiger partial charge in [-0.1, -0.05) is 46.3 Å². The van der Waals surface area contributed by atoms with Crippen LogP contribution in [0.3, 0.4) is 0 Å². The standard InChI is InChI=1S/C20H19BrFN3O/c1-13-19(15-7-10-16(21)11-8-15)20(25(2)24-13)23-18(26)12-9-14-5-3-4-6-17(14)22/h3-8,10-11H,9,12H2,1-2H3,(H,23,26). The highest BCUT2D eigenvalue weighted by molar-refractivity contribution is 9.10. The quantitative estimate of drug-likeness (QED) is 0.645. The largest absolute Gasteiger partial charge is 0.310 e. The summed E-state index contributed by atoms with van der Waals surface area (Å²) in [6.07, 6.45) is 0.550. The molecule has 1 heterocycles. The van der Waals surface area contributed by atoms with E-state index in [1.54, 1.807) is 29.9 Å². The maximum absolute atomic E-state index is 13.7. The summed E-state index contributed by atoms with van der Waals surface area (Å²) in [4.78, 5) is 12.4. The number of aryl methyl sites for hydroxylation is 3. The van der Waals surface area contributed by atoms with Crippen molar-refractivity contribution >= 4 is 27.7 Å². The highest BCUT2D eigenvalue weighted by atomic mass is 79.9. The number of hydrogen-bond acceptors (Lipinski definition) is 2. The predicted octanol–water partition coefficient (Wildman–Crippen LogP) is 4.87. The van der Waals surface area contributed by atoms with E-state index in [-0.39, 0.29) is 18.1 Å². The third kappa shape index (κ3) is 4.02. The Kier molecular flexibility index (Phi) is 5.52. The number of amides is 1. The summed E-state index contributed by atoms with van der Waals surface area (Å²) in [5.41, 5.74) is 3.23. The Morgan fingerprint density at radius 3 is 2.58 bits per heavy atom. The lowest BCUT2D eigenvalue weighted by atomic mass is 10.1. The van der Waals surface area contributed by atoms with E-state index in [9.17, 15) is 9.18 Å². The van der Waals surface area contributed by atoms with Crippen LogP contribution in [0, 0.1) is 12.7 Å². The van der Waals surface area contributed by atoms with Crippen LogP contribution in [-0.4, -0.2) is 15.7 Å². The number of halogens is 2. The maximum atomic E-state index is 13.7. The van der Waals surface area contributed by atoms with E-state index < -0.39 is 0 Å². The van der Waals surface area contributed by atoms with E-state index >= 15 is 0 Å². The number of carbonyl (C=O) groups is 1. The van der Waals surface area contributed by atoms with Gasteiger partial charge < -0.3 is 5.32 Å². The maximum Gasteiger partial charge on any atom is 0.225 e. The van der Waals surface area contributed by atoms with Gasteiger partial charge in [-0.2, -0.15) is 5.10 Å². The molecule has 1 amide bonds. The average molecular weight is 416 g/mol. The van der Waals surface area contributed by atoms with Gasteiger partial charge in [0.2, 0.25) is 5.91 Å². The average Bonchev–Trinajstić information content (AvgIpc) is 2.88. The molecule has 0 radical (unpaired) electrons. The van der Waals surface area contributed by atoms with Gasteiger partial charge >= 0.3 is 0 Å². The molecule has 0 saturated carbocycles. The molecule has 1 aromatic heterocycles. The third-order valence-electron chi connectivity index (χ3n) is 4.19. The number of benzene rings is 2. The first-order valence-electron chi connectivity index (χ1n) is 8.28. The second-order valence-electron chi connectivity index (χ2n) is 6.08. The zero-order valence-electron chi connectivity index (χ0n) is 14.6. The summed E-state index contributed by atoms with van der Waals surface area (Å²) in [6.45, 7) is 1.91. The number of hydrogen-bond donors (Lipinski definition) is 1. The molecule has 26 heavy (non-hydrogen) atoms. The zero-order valence-corrected chi connectivity index (χ0v) is 16.2. The number of rotatable bonds is 5. The van der Waals surface area contributed by atoms with E-state index in [1.807, 2.05) is 31.2 Å². The van der Waals surface area contributed by atoms with Crippen LogP contribution in [0.2, 0.25) is 0 Å². The molecule has 2 aromatic carbocycles. The molecule has 3 aromatic rings. The van der Waals surface area contributed by atoms with Crippen molar-refractivity contribution in [2.24, 2.45) is 7.05 Å². The summed E-state index contributed by atoms with van der Waals surface area (Å²) < 4.78 is 16.3. The van der Waals surface area contributed by atoms with E-state index in [2.05, 4.69) is 26.3 Å². The lowest BCUT2D eigenvalue weighted by molar-refractivity contribution is -0.116. The minimum Gasteiger partial charge on any atom is -0.310 e. The van der Waals surface area contributed by atoms with Gasteiger partial charge in [0, 0.05) is 23.5 Å². The van der Waals surface area contributed by atoms with Gasteiger partial charge in [0.25, 0.3) is 0 Å². The van der Waals surface area contributed by atoms with E-state index in [4.69, 9.17) is 0 Å². The molecule has 0 aliphatic carbocycles. The molecule has 3 rings (SSSR count). The molecule has 0 unspecified atom stereocenters. The van der Waals surface area contributed by atoms with Gasteiger partial charge in [0.1, 0.15) is 11.6 Å². The number of anilines is 1. The minimum atomic E-state index is -0.285. The van der Waals surface area contributed by atoms with Crippen molar-refractivity contribution < 1.29 is 9.18 Å². The van der Waals surface area contributed by atoms with Crippen LogP contribution in [-0.2, 0) is 18.3 Å². The minimum absolute atomic E-state index is 0.172. The highest BCUT2D eigenvalue weighted by Gasteiger charge is 2.17. The molecule has 134 valence electrons. The molecule has 0 spiro atoms. The second kappa shape index (κ2) is 7.83. The molecule has 1 N–H and O–H groups in total. The van der Waals surface area contributed by atoms with Gasteiger partial charge in [-0.05, 0) is 42.7 Å². The fraction of sp³-hybridized carbons (Fsp3) is 0.200.